The van der Waals surface area contributed by atoms with Gasteiger partial charge in [0.25, 0.3) is 0 Å². The molecule has 8 heteroatoms. The van der Waals surface area contributed by atoms with Gasteiger partial charge in [0.15, 0.2) is 6.61 Å². The largest absolute Gasteiger partial charge is 0.454 e. The Hall–Kier alpha value is -2.51. The molecule has 1 aromatic carbocycles. The predicted octanol–water partition coefficient (Wildman–Crippen LogP) is 3.09. The van der Waals surface area contributed by atoms with Gasteiger partial charge in [0, 0.05) is 12.8 Å². The van der Waals surface area contributed by atoms with Crippen LogP contribution in [-0.4, -0.2) is 30.2 Å². The van der Waals surface area contributed by atoms with E-state index in [-0.39, 0.29) is 42.6 Å². The molecule has 2 amide bonds. The van der Waals surface area contributed by atoms with Crippen LogP contribution in [0.25, 0.3) is 0 Å². The first-order valence-corrected chi connectivity index (χ1v) is 8.56. The molecule has 0 unspecified atom stereocenters. The van der Waals surface area contributed by atoms with E-state index in [2.05, 4.69) is 0 Å². The molecule has 1 aromatic heterocycles. The van der Waals surface area contributed by atoms with Crippen molar-refractivity contribution in [1.82, 2.24) is 0 Å². The van der Waals surface area contributed by atoms with Crippen molar-refractivity contribution in [2.45, 2.75) is 12.8 Å². The van der Waals surface area contributed by atoms with Crippen LogP contribution >= 0.6 is 22.9 Å². The molecule has 0 N–H and O–H groups in total. The lowest BCUT2D eigenvalue weighted by Gasteiger charge is -2.13. The molecule has 0 atom stereocenters. The first kappa shape index (κ1) is 17.3. The van der Waals surface area contributed by atoms with E-state index in [1.807, 2.05) is 0 Å². The number of rotatable bonds is 5. The highest BCUT2D eigenvalue weighted by molar-refractivity contribution is 7.18. The van der Waals surface area contributed by atoms with Crippen molar-refractivity contribution in [3.8, 4) is 0 Å². The Kier molecular flexibility index (Phi) is 4.96. The number of halogens is 1. The van der Waals surface area contributed by atoms with Gasteiger partial charge in [0.2, 0.25) is 17.6 Å². The van der Waals surface area contributed by atoms with E-state index in [0.29, 0.717) is 14.9 Å². The quantitative estimate of drug-likeness (QED) is 0.454. The first-order chi connectivity index (χ1) is 12.0. The number of esters is 1. The number of carbonyl (C=O) groups excluding carboxylic acids is 4. The van der Waals surface area contributed by atoms with Gasteiger partial charge in [0.1, 0.15) is 0 Å². The van der Waals surface area contributed by atoms with Crippen molar-refractivity contribution < 1.29 is 23.9 Å². The van der Waals surface area contributed by atoms with Crippen LogP contribution in [-0.2, 0) is 14.3 Å². The third kappa shape index (κ3) is 3.78. The zero-order valence-electron chi connectivity index (χ0n) is 12.9. The van der Waals surface area contributed by atoms with Gasteiger partial charge in [-0.05, 0) is 36.4 Å². The van der Waals surface area contributed by atoms with Gasteiger partial charge in [-0.15, -0.1) is 11.3 Å². The molecule has 1 saturated heterocycles. The van der Waals surface area contributed by atoms with E-state index >= 15 is 0 Å². The van der Waals surface area contributed by atoms with Gasteiger partial charge in [-0.2, -0.15) is 0 Å². The highest BCUT2D eigenvalue weighted by Crippen LogP contribution is 2.24. The Morgan fingerprint density at radius 2 is 1.68 bits per heavy atom. The van der Waals surface area contributed by atoms with Gasteiger partial charge in [-0.3, -0.25) is 19.3 Å². The summed E-state index contributed by atoms with van der Waals surface area (Å²) in [5.41, 5.74) is 0.633. The second kappa shape index (κ2) is 7.16. The lowest BCUT2D eigenvalue weighted by atomic mass is 10.2. The minimum absolute atomic E-state index is 0.192. The summed E-state index contributed by atoms with van der Waals surface area (Å²) in [5.74, 6) is -1.53. The zero-order chi connectivity index (χ0) is 18.0. The standard InChI is InChI=1S/C17H12ClNO5S/c18-14-6-5-13(25-14)12(20)9-24-17(23)10-1-3-11(4-2-10)19-15(21)7-8-16(19)22/h1-6H,7-9H2. The SMILES string of the molecule is O=C(OCC(=O)c1ccc(Cl)s1)c1ccc(N2C(=O)CCC2=O)cc1. The summed E-state index contributed by atoms with van der Waals surface area (Å²) in [5, 5.41) is 0. The molecule has 1 aliphatic heterocycles. The van der Waals surface area contributed by atoms with Crippen molar-refractivity contribution in [1.29, 1.82) is 0 Å². The summed E-state index contributed by atoms with van der Waals surface area (Å²) < 4.78 is 5.47. The van der Waals surface area contributed by atoms with Crippen molar-refractivity contribution in [2.75, 3.05) is 11.5 Å². The lowest BCUT2D eigenvalue weighted by Crippen LogP contribution is -2.28. The highest BCUT2D eigenvalue weighted by Gasteiger charge is 2.30. The lowest BCUT2D eigenvalue weighted by molar-refractivity contribution is -0.121. The molecule has 0 aliphatic carbocycles. The number of hydrogen-bond donors (Lipinski definition) is 0. The Labute approximate surface area is 152 Å². The molecule has 128 valence electrons. The normalized spacial score (nSPS) is 14.0. The van der Waals surface area contributed by atoms with Crippen molar-refractivity contribution in [3.63, 3.8) is 0 Å². The summed E-state index contributed by atoms with van der Waals surface area (Å²) in [6.45, 7) is -0.388. The van der Waals surface area contributed by atoms with Crippen LogP contribution < -0.4 is 4.90 Å². The number of imide groups is 1. The summed E-state index contributed by atoms with van der Waals surface area (Å²) in [4.78, 5) is 48.8. The fourth-order valence-corrected chi connectivity index (χ4v) is 3.33. The maximum Gasteiger partial charge on any atom is 0.338 e. The molecule has 0 saturated carbocycles. The van der Waals surface area contributed by atoms with Crippen LogP contribution in [0.2, 0.25) is 4.34 Å². The maximum atomic E-state index is 12.0. The highest BCUT2D eigenvalue weighted by atomic mass is 35.5. The number of thiophene rings is 1. The van der Waals surface area contributed by atoms with Crippen molar-refractivity contribution in [3.05, 3.63) is 51.2 Å². The second-order valence-electron chi connectivity index (χ2n) is 5.27. The zero-order valence-corrected chi connectivity index (χ0v) is 14.4. The number of Topliss-reactive ketones (excluding diaryl/α,β-unsaturated/α-hetero) is 1. The molecule has 0 bridgehead atoms. The van der Waals surface area contributed by atoms with E-state index in [4.69, 9.17) is 16.3 Å². The van der Waals surface area contributed by atoms with E-state index in [1.54, 1.807) is 12.1 Å². The van der Waals surface area contributed by atoms with Gasteiger partial charge in [-0.25, -0.2) is 4.79 Å². The summed E-state index contributed by atoms with van der Waals surface area (Å²) in [6.07, 6.45) is 0.384. The average Bonchev–Trinajstić information content (AvgIpc) is 3.18. The average molecular weight is 378 g/mol. The van der Waals surface area contributed by atoms with Crippen LogP contribution in [0, 0.1) is 0 Å². The van der Waals surface area contributed by atoms with Crippen LogP contribution in [0.3, 0.4) is 0 Å². The van der Waals surface area contributed by atoms with Crippen molar-refractivity contribution >= 4 is 52.2 Å². The molecule has 0 spiro atoms. The minimum Gasteiger partial charge on any atom is -0.454 e. The van der Waals surface area contributed by atoms with Gasteiger partial charge in [0.05, 0.1) is 20.5 Å². The number of anilines is 1. The number of benzene rings is 1. The Bertz CT molecular complexity index is 842. The number of hydrogen-bond acceptors (Lipinski definition) is 6. The third-order valence-electron chi connectivity index (χ3n) is 3.60. The van der Waals surface area contributed by atoms with Gasteiger partial charge < -0.3 is 4.74 Å². The maximum absolute atomic E-state index is 12.0. The van der Waals surface area contributed by atoms with Gasteiger partial charge >= 0.3 is 5.97 Å². The molecule has 2 aromatic rings. The molecule has 0 radical (unpaired) electrons. The molecular weight excluding hydrogens is 366 g/mol. The van der Waals surface area contributed by atoms with E-state index in [0.717, 1.165) is 16.2 Å². The molecule has 6 nitrogen and oxygen atoms in total. The topological polar surface area (TPSA) is 80.8 Å². The number of amides is 2. The third-order valence-corrected chi connectivity index (χ3v) is 4.87. The van der Waals surface area contributed by atoms with Crippen LogP contribution in [0.5, 0.6) is 0 Å². The van der Waals surface area contributed by atoms with E-state index < -0.39 is 5.97 Å². The summed E-state index contributed by atoms with van der Waals surface area (Å²) in [7, 11) is 0. The fourth-order valence-electron chi connectivity index (χ4n) is 2.36. The molecule has 1 aliphatic rings. The molecule has 25 heavy (non-hydrogen) atoms. The number of carbonyl (C=O) groups is 4. The Morgan fingerprint density at radius 1 is 1.04 bits per heavy atom. The predicted molar refractivity (Wildman–Crippen MR) is 92.1 cm³/mol. The molecule has 1 fully saturated rings. The van der Waals surface area contributed by atoms with Gasteiger partial charge in [-0.1, -0.05) is 11.6 Å². The molecule has 3 rings (SSSR count). The van der Waals surface area contributed by atoms with E-state index in [1.165, 1.54) is 24.3 Å². The van der Waals surface area contributed by atoms with E-state index in [9.17, 15) is 19.2 Å². The van der Waals surface area contributed by atoms with Crippen molar-refractivity contribution in [2.24, 2.45) is 0 Å². The Morgan fingerprint density at radius 3 is 2.24 bits per heavy atom. The first-order valence-electron chi connectivity index (χ1n) is 7.37. The van der Waals surface area contributed by atoms with Crippen LogP contribution in [0.1, 0.15) is 32.9 Å². The number of ketones is 1. The number of ether oxygens (including phenoxy) is 1. The monoisotopic (exact) mass is 377 g/mol. The Balaban J connectivity index is 1.62. The fraction of sp³-hybridized carbons (Fsp3) is 0.176. The van der Waals surface area contributed by atoms with Crippen LogP contribution in [0.4, 0.5) is 5.69 Å². The minimum atomic E-state index is -0.665. The van der Waals surface area contributed by atoms with Crippen LogP contribution in [0.15, 0.2) is 36.4 Å². The smallest absolute Gasteiger partial charge is 0.338 e. The molecule has 2 heterocycles. The second-order valence-corrected chi connectivity index (χ2v) is 6.99. The number of nitrogens with zero attached hydrogens (tertiary/aromatic N) is 1. The molecular formula is C17H12ClNO5S. The summed E-state index contributed by atoms with van der Waals surface area (Å²) in [6, 6.07) is 9.06. The summed E-state index contributed by atoms with van der Waals surface area (Å²) >= 11 is 6.87.